The van der Waals surface area contributed by atoms with Gasteiger partial charge >= 0.3 is 6.03 Å². The largest absolute Gasteiger partial charge is 0.379 e. The molecule has 26 heavy (non-hydrogen) atoms. The highest BCUT2D eigenvalue weighted by atomic mass is 16.5. The van der Waals surface area contributed by atoms with Crippen LogP contribution in [0.3, 0.4) is 0 Å². The van der Waals surface area contributed by atoms with Crippen molar-refractivity contribution in [2.24, 2.45) is 11.8 Å². The van der Waals surface area contributed by atoms with Crippen LogP contribution in [0.1, 0.15) is 46.5 Å². The summed E-state index contributed by atoms with van der Waals surface area (Å²) in [5.41, 5.74) is 0. The first-order chi connectivity index (χ1) is 12.6. The van der Waals surface area contributed by atoms with E-state index in [1.807, 2.05) is 0 Å². The van der Waals surface area contributed by atoms with Crippen molar-refractivity contribution < 1.29 is 9.53 Å². The predicted octanol–water partition coefficient (Wildman–Crippen LogP) is 2.15. The van der Waals surface area contributed by atoms with Crippen molar-refractivity contribution in [3.8, 4) is 0 Å². The third-order valence-corrected chi connectivity index (χ3v) is 6.03. The number of morpholine rings is 1. The van der Waals surface area contributed by atoms with E-state index < -0.39 is 0 Å². The van der Waals surface area contributed by atoms with Gasteiger partial charge in [-0.15, -0.1) is 0 Å². The molecule has 2 aliphatic rings. The Morgan fingerprint density at radius 3 is 2.54 bits per heavy atom. The molecule has 2 fully saturated rings. The third-order valence-electron chi connectivity index (χ3n) is 6.03. The zero-order valence-corrected chi connectivity index (χ0v) is 17.1. The molecular weight excluding hydrogens is 328 g/mol. The van der Waals surface area contributed by atoms with Crippen molar-refractivity contribution in [1.82, 2.24) is 20.4 Å². The van der Waals surface area contributed by atoms with Gasteiger partial charge in [-0.3, -0.25) is 4.90 Å². The maximum Gasteiger partial charge on any atom is 0.314 e. The van der Waals surface area contributed by atoms with Gasteiger partial charge in [0.05, 0.1) is 13.2 Å². The zero-order chi connectivity index (χ0) is 18.8. The van der Waals surface area contributed by atoms with Crippen molar-refractivity contribution in [3.63, 3.8) is 0 Å². The second-order valence-corrected chi connectivity index (χ2v) is 7.98. The Balaban J connectivity index is 1.71. The maximum absolute atomic E-state index is 12.3. The Labute approximate surface area is 160 Å². The van der Waals surface area contributed by atoms with Crippen molar-refractivity contribution >= 4 is 6.03 Å². The van der Waals surface area contributed by atoms with Gasteiger partial charge in [0.25, 0.3) is 0 Å². The molecule has 0 saturated carbocycles. The number of ether oxygens (including phenoxy) is 1. The summed E-state index contributed by atoms with van der Waals surface area (Å²) in [7, 11) is 0. The van der Waals surface area contributed by atoms with Crippen molar-refractivity contribution in [3.05, 3.63) is 0 Å². The molecule has 2 aliphatic heterocycles. The van der Waals surface area contributed by atoms with Gasteiger partial charge in [-0.05, 0) is 31.2 Å². The van der Waals surface area contributed by atoms with E-state index in [1.165, 1.54) is 19.4 Å². The minimum atomic E-state index is -0.0285. The van der Waals surface area contributed by atoms with E-state index in [2.05, 4.69) is 41.2 Å². The number of amides is 2. The van der Waals surface area contributed by atoms with Crippen LogP contribution in [0.2, 0.25) is 0 Å². The van der Waals surface area contributed by atoms with Crippen LogP contribution in [0.25, 0.3) is 0 Å². The van der Waals surface area contributed by atoms with E-state index in [0.29, 0.717) is 12.0 Å². The SMILES string of the molecule is CCC(CC)C(CNC(=O)NCCN1CCCC(C)C1)N1CCOCC1. The molecule has 2 amide bonds. The fourth-order valence-electron chi connectivity index (χ4n) is 4.41. The lowest BCUT2D eigenvalue weighted by Crippen LogP contribution is -2.53. The highest BCUT2D eigenvalue weighted by Gasteiger charge is 2.27. The van der Waals surface area contributed by atoms with Crippen LogP contribution >= 0.6 is 0 Å². The van der Waals surface area contributed by atoms with Gasteiger partial charge in [-0.1, -0.05) is 33.6 Å². The first kappa shape index (κ1) is 21.5. The van der Waals surface area contributed by atoms with E-state index >= 15 is 0 Å². The molecule has 6 nitrogen and oxygen atoms in total. The standard InChI is InChI=1S/C20H40N4O2/c1-4-18(5-2)19(24-11-13-26-14-12-24)15-22-20(25)21-8-10-23-9-6-7-17(3)16-23/h17-19H,4-16H2,1-3H3,(H2,21,22,25). The molecule has 2 heterocycles. The number of hydrogen-bond acceptors (Lipinski definition) is 4. The highest BCUT2D eigenvalue weighted by molar-refractivity contribution is 5.73. The average molecular weight is 369 g/mol. The lowest BCUT2D eigenvalue weighted by atomic mass is 9.92. The van der Waals surface area contributed by atoms with Crippen LogP contribution in [-0.4, -0.2) is 80.9 Å². The molecule has 2 rings (SSSR count). The van der Waals surface area contributed by atoms with E-state index in [-0.39, 0.29) is 6.03 Å². The van der Waals surface area contributed by atoms with Crippen LogP contribution in [0.4, 0.5) is 4.79 Å². The molecule has 0 aromatic carbocycles. The molecule has 0 aromatic rings. The van der Waals surface area contributed by atoms with Crippen LogP contribution in [0.15, 0.2) is 0 Å². The van der Waals surface area contributed by atoms with Gasteiger partial charge in [0, 0.05) is 45.3 Å². The molecule has 0 aliphatic carbocycles. The number of carbonyl (C=O) groups is 1. The summed E-state index contributed by atoms with van der Waals surface area (Å²) in [5, 5.41) is 6.17. The minimum Gasteiger partial charge on any atom is -0.379 e. The molecule has 6 heteroatoms. The topological polar surface area (TPSA) is 56.8 Å². The number of nitrogens with zero attached hydrogens (tertiary/aromatic N) is 2. The summed E-state index contributed by atoms with van der Waals surface area (Å²) < 4.78 is 5.49. The van der Waals surface area contributed by atoms with Crippen LogP contribution in [0, 0.1) is 11.8 Å². The fraction of sp³-hybridized carbons (Fsp3) is 0.950. The summed E-state index contributed by atoms with van der Waals surface area (Å²) in [6, 6.07) is 0.377. The number of likely N-dealkylation sites (tertiary alicyclic amines) is 1. The molecule has 0 aromatic heterocycles. The summed E-state index contributed by atoms with van der Waals surface area (Å²) in [6.45, 7) is 15.1. The molecule has 152 valence electrons. The van der Waals surface area contributed by atoms with Gasteiger partial charge < -0.3 is 20.3 Å². The van der Waals surface area contributed by atoms with Gasteiger partial charge in [-0.2, -0.15) is 0 Å². The van der Waals surface area contributed by atoms with Crippen molar-refractivity contribution in [2.75, 3.05) is 59.0 Å². The van der Waals surface area contributed by atoms with Crippen LogP contribution < -0.4 is 10.6 Å². The maximum atomic E-state index is 12.3. The Morgan fingerprint density at radius 2 is 1.88 bits per heavy atom. The van der Waals surface area contributed by atoms with Gasteiger partial charge in [0.2, 0.25) is 0 Å². The molecular formula is C20H40N4O2. The van der Waals surface area contributed by atoms with E-state index in [1.54, 1.807) is 0 Å². The van der Waals surface area contributed by atoms with E-state index in [0.717, 1.165) is 71.2 Å². The Bertz CT molecular complexity index is 397. The van der Waals surface area contributed by atoms with Crippen molar-refractivity contribution in [2.45, 2.75) is 52.5 Å². The number of hydrogen-bond donors (Lipinski definition) is 2. The third kappa shape index (κ3) is 7.05. The lowest BCUT2D eigenvalue weighted by Gasteiger charge is -2.38. The van der Waals surface area contributed by atoms with E-state index in [9.17, 15) is 4.79 Å². The van der Waals surface area contributed by atoms with E-state index in [4.69, 9.17) is 4.74 Å². The van der Waals surface area contributed by atoms with Gasteiger partial charge in [0.15, 0.2) is 0 Å². The molecule has 2 unspecified atom stereocenters. The first-order valence-electron chi connectivity index (χ1n) is 10.7. The Kier molecular flexibility index (Phi) is 9.72. The number of rotatable bonds is 9. The predicted molar refractivity (Wildman–Crippen MR) is 106 cm³/mol. The number of nitrogens with one attached hydrogen (secondary N) is 2. The fourth-order valence-corrected chi connectivity index (χ4v) is 4.41. The molecule has 2 saturated heterocycles. The summed E-state index contributed by atoms with van der Waals surface area (Å²) in [4.78, 5) is 17.2. The van der Waals surface area contributed by atoms with Crippen molar-refractivity contribution in [1.29, 1.82) is 0 Å². The Morgan fingerprint density at radius 1 is 1.15 bits per heavy atom. The molecule has 0 bridgehead atoms. The quantitative estimate of drug-likeness (QED) is 0.655. The number of piperidine rings is 1. The highest BCUT2D eigenvalue weighted by Crippen LogP contribution is 2.19. The summed E-state index contributed by atoms with van der Waals surface area (Å²) in [6.07, 6.45) is 4.91. The van der Waals surface area contributed by atoms with Crippen LogP contribution in [0.5, 0.6) is 0 Å². The van der Waals surface area contributed by atoms with Gasteiger partial charge in [-0.25, -0.2) is 4.79 Å². The number of urea groups is 1. The average Bonchev–Trinajstić information content (AvgIpc) is 2.66. The molecule has 0 spiro atoms. The second kappa shape index (κ2) is 11.8. The molecule has 2 atom stereocenters. The monoisotopic (exact) mass is 368 g/mol. The zero-order valence-electron chi connectivity index (χ0n) is 17.1. The smallest absolute Gasteiger partial charge is 0.314 e. The van der Waals surface area contributed by atoms with Gasteiger partial charge in [0.1, 0.15) is 0 Å². The Hall–Kier alpha value is -0.850. The number of carbonyl (C=O) groups excluding carboxylic acids is 1. The summed E-state index contributed by atoms with van der Waals surface area (Å²) in [5.74, 6) is 1.40. The molecule has 2 N–H and O–H groups in total. The normalized spacial score (nSPS) is 23.8. The second-order valence-electron chi connectivity index (χ2n) is 7.98. The lowest BCUT2D eigenvalue weighted by molar-refractivity contribution is 0.00237. The summed E-state index contributed by atoms with van der Waals surface area (Å²) >= 11 is 0. The van der Waals surface area contributed by atoms with Crippen LogP contribution in [-0.2, 0) is 4.74 Å². The minimum absolute atomic E-state index is 0.0285. The molecule has 0 radical (unpaired) electrons. The first-order valence-corrected chi connectivity index (χ1v) is 10.7.